The third kappa shape index (κ3) is 2.01. The predicted molar refractivity (Wildman–Crippen MR) is 63.0 cm³/mol. The minimum atomic E-state index is 0.665. The van der Waals surface area contributed by atoms with Crippen LogP contribution in [0, 0.1) is 12.8 Å². The molecule has 1 N–H and O–H groups in total. The molecule has 1 saturated carbocycles. The molecule has 1 fully saturated rings. The van der Waals surface area contributed by atoms with E-state index in [0.29, 0.717) is 6.04 Å². The summed E-state index contributed by atoms with van der Waals surface area (Å²) < 4.78 is 1.93. The van der Waals surface area contributed by atoms with Crippen LogP contribution in [0.5, 0.6) is 0 Å². The second kappa shape index (κ2) is 4.25. The number of nitrogens with one attached hydrogen (secondary N) is 1. The number of hydrogen-bond donors (Lipinski definition) is 1. The molecule has 1 aliphatic carbocycles. The summed E-state index contributed by atoms with van der Waals surface area (Å²) in [6.07, 6.45) is 7.30. The van der Waals surface area contributed by atoms with Gasteiger partial charge in [-0.2, -0.15) is 5.10 Å². The number of aryl methyl sites for hydroxylation is 1. The highest BCUT2D eigenvalue weighted by atomic mass is 15.3. The largest absolute Gasteiger partial charge is 0.379 e. The molecule has 0 spiro atoms. The highest BCUT2D eigenvalue weighted by molar-refractivity contribution is 5.46. The number of aromatic nitrogens is 2. The first-order chi connectivity index (χ1) is 7.22. The SMILES string of the molecule is CCC1CCCC1Nc1cnn(C)c1C. The highest BCUT2D eigenvalue weighted by Crippen LogP contribution is 2.31. The Morgan fingerprint density at radius 3 is 2.93 bits per heavy atom. The van der Waals surface area contributed by atoms with Gasteiger partial charge in [-0.3, -0.25) is 4.68 Å². The fraction of sp³-hybridized carbons (Fsp3) is 0.750. The zero-order valence-electron chi connectivity index (χ0n) is 9.95. The van der Waals surface area contributed by atoms with Gasteiger partial charge in [0.05, 0.1) is 17.6 Å². The van der Waals surface area contributed by atoms with Gasteiger partial charge in [0.2, 0.25) is 0 Å². The molecule has 3 nitrogen and oxygen atoms in total. The molecule has 2 rings (SSSR count). The molecule has 84 valence electrons. The molecular weight excluding hydrogens is 186 g/mol. The van der Waals surface area contributed by atoms with E-state index in [2.05, 4.69) is 24.3 Å². The van der Waals surface area contributed by atoms with Crippen molar-refractivity contribution >= 4 is 5.69 Å². The number of hydrogen-bond acceptors (Lipinski definition) is 2. The molecule has 0 aliphatic heterocycles. The van der Waals surface area contributed by atoms with Crippen LogP contribution in [0.1, 0.15) is 38.3 Å². The summed E-state index contributed by atoms with van der Waals surface area (Å²) in [6, 6.07) is 0.665. The minimum Gasteiger partial charge on any atom is -0.379 e. The molecule has 0 radical (unpaired) electrons. The predicted octanol–water partition coefficient (Wildman–Crippen LogP) is 2.72. The molecule has 1 aliphatic rings. The molecule has 0 saturated heterocycles. The van der Waals surface area contributed by atoms with Gasteiger partial charge in [0.25, 0.3) is 0 Å². The zero-order chi connectivity index (χ0) is 10.8. The van der Waals surface area contributed by atoms with Crippen LogP contribution in [0.25, 0.3) is 0 Å². The van der Waals surface area contributed by atoms with Crippen molar-refractivity contribution in [3.05, 3.63) is 11.9 Å². The number of rotatable bonds is 3. The summed E-state index contributed by atoms with van der Waals surface area (Å²) in [5.41, 5.74) is 2.44. The van der Waals surface area contributed by atoms with E-state index >= 15 is 0 Å². The van der Waals surface area contributed by atoms with Crippen LogP contribution in [0.4, 0.5) is 5.69 Å². The van der Waals surface area contributed by atoms with E-state index in [0.717, 1.165) is 5.92 Å². The van der Waals surface area contributed by atoms with Crippen molar-refractivity contribution in [1.82, 2.24) is 9.78 Å². The highest BCUT2D eigenvalue weighted by Gasteiger charge is 2.26. The van der Waals surface area contributed by atoms with Crippen LogP contribution in [-0.4, -0.2) is 15.8 Å². The van der Waals surface area contributed by atoms with Crippen molar-refractivity contribution < 1.29 is 0 Å². The van der Waals surface area contributed by atoms with Crippen molar-refractivity contribution in [2.45, 2.75) is 45.6 Å². The summed E-state index contributed by atoms with van der Waals surface area (Å²) in [5.74, 6) is 0.851. The smallest absolute Gasteiger partial charge is 0.0758 e. The molecule has 1 heterocycles. The second-order valence-electron chi connectivity index (χ2n) is 4.62. The normalized spacial score (nSPS) is 25.8. The third-order valence-corrected chi connectivity index (χ3v) is 3.76. The fourth-order valence-electron chi connectivity index (χ4n) is 2.56. The lowest BCUT2D eigenvalue weighted by molar-refractivity contribution is 0.489. The van der Waals surface area contributed by atoms with E-state index in [1.54, 1.807) is 0 Å². The van der Waals surface area contributed by atoms with Gasteiger partial charge in [0.15, 0.2) is 0 Å². The van der Waals surface area contributed by atoms with Gasteiger partial charge in [-0.1, -0.05) is 19.8 Å². The van der Waals surface area contributed by atoms with Crippen LogP contribution >= 0.6 is 0 Å². The van der Waals surface area contributed by atoms with E-state index < -0.39 is 0 Å². The third-order valence-electron chi connectivity index (χ3n) is 3.76. The topological polar surface area (TPSA) is 29.9 Å². The van der Waals surface area contributed by atoms with Crippen LogP contribution in [0.2, 0.25) is 0 Å². The van der Waals surface area contributed by atoms with Crippen LogP contribution < -0.4 is 5.32 Å². The molecule has 2 unspecified atom stereocenters. The Kier molecular flexibility index (Phi) is 2.98. The summed E-state index contributed by atoms with van der Waals surface area (Å²) in [4.78, 5) is 0. The lowest BCUT2D eigenvalue weighted by Gasteiger charge is -2.20. The first kappa shape index (κ1) is 10.5. The van der Waals surface area contributed by atoms with Gasteiger partial charge in [0, 0.05) is 13.1 Å². The van der Waals surface area contributed by atoms with Crippen molar-refractivity contribution in [1.29, 1.82) is 0 Å². The standard InChI is InChI=1S/C12H21N3/c1-4-10-6-5-7-11(10)14-12-8-13-15(3)9(12)2/h8,10-11,14H,4-7H2,1-3H3. The fourth-order valence-corrected chi connectivity index (χ4v) is 2.56. The average molecular weight is 207 g/mol. The first-order valence-corrected chi connectivity index (χ1v) is 5.97. The molecule has 0 amide bonds. The maximum atomic E-state index is 4.26. The van der Waals surface area contributed by atoms with Gasteiger partial charge >= 0.3 is 0 Å². The Balaban J connectivity index is 2.05. The molecule has 2 atom stereocenters. The lowest BCUT2D eigenvalue weighted by atomic mass is 10.0. The van der Waals surface area contributed by atoms with Gasteiger partial charge in [-0.05, 0) is 25.7 Å². The van der Waals surface area contributed by atoms with Crippen molar-refractivity contribution in [2.75, 3.05) is 5.32 Å². The molecule has 15 heavy (non-hydrogen) atoms. The summed E-state index contributed by atoms with van der Waals surface area (Å²) in [5, 5.41) is 7.91. The van der Waals surface area contributed by atoms with Crippen LogP contribution in [0.15, 0.2) is 6.20 Å². The monoisotopic (exact) mass is 207 g/mol. The summed E-state index contributed by atoms with van der Waals surface area (Å²) in [6.45, 7) is 4.41. The Bertz CT molecular complexity index is 330. The van der Waals surface area contributed by atoms with Gasteiger partial charge in [-0.25, -0.2) is 0 Å². The van der Waals surface area contributed by atoms with Crippen LogP contribution in [0.3, 0.4) is 0 Å². The molecule has 0 aromatic carbocycles. The van der Waals surface area contributed by atoms with Crippen LogP contribution in [-0.2, 0) is 7.05 Å². The number of anilines is 1. The van der Waals surface area contributed by atoms with E-state index in [4.69, 9.17) is 0 Å². The van der Waals surface area contributed by atoms with E-state index in [1.807, 2.05) is 17.9 Å². The van der Waals surface area contributed by atoms with Gasteiger partial charge < -0.3 is 5.32 Å². The second-order valence-corrected chi connectivity index (χ2v) is 4.62. The Labute approximate surface area is 91.9 Å². The maximum Gasteiger partial charge on any atom is 0.0758 e. The van der Waals surface area contributed by atoms with E-state index in [-0.39, 0.29) is 0 Å². The quantitative estimate of drug-likeness (QED) is 0.826. The molecule has 1 aromatic rings. The van der Waals surface area contributed by atoms with Crippen molar-refractivity contribution in [3.8, 4) is 0 Å². The molecular formula is C12H21N3. The van der Waals surface area contributed by atoms with Gasteiger partial charge in [-0.15, -0.1) is 0 Å². The van der Waals surface area contributed by atoms with E-state index in [1.165, 1.54) is 37.1 Å². The van der Waals surface area contributed by atoms with Gasteiger partial charge in [0.1, 0.15) is 0 Å². The lowest BCUT2D eigenvalue weighted by Crippen LogP contribution is -2.23. The minimum absolute atomic E-state index is 0.665. The average Bonchev–Trinajstić information content (AvgIpc) is 2.80. The van der Waals surface area contributed by atoms with Crippen molar-refractivity contribution in [3.63, 3.8) is 0 Å². The summed E-state index contributed by atoms with van der Waals surface area (Å²) >= 11 is 0. The zero-order valence-corrected chi connectivity index (χ0v) is 9.95. The Morgan fingerprint density at radius 1 is 1.53 bits per heavy atom. The van der Waals surface area contributed by atoms with E-state index in [9.17, 15) is 0 Å². The molecule has 0 bridgehead atoms. The Morgan fingerprint density at radius 2 is 2.33 bits per heavy atom. The maximum absolute atomic E-state index is 4.26. The summed E-state index contributed by atoms with van der Waals surface area (Å²) in [7, 11) is 1.99. The number of nitrogens with zero attached hydrogens (tertiary/aromatic N) is 2. The molecule has 1 aromatic heterocycles. The van der Waals surface area contributed by atoms with Crippen molar-refractivity contribution in [2.24, 2.45) is 13.0 Å². The Hall–Kier alpha value is -0.990. The molecule has 3 heteroatoms. The first-order valence-electron chi connectivity index (χ1n) is 5.97.